The minimum absolute atomic E-state index is 0.0889. The van der Waals surface area contributed by atoms with Crippen LogP contribution in [0.1, 0.15) is 30.4 Å². The van der Waals surface area contributed by atoms with Crippen molar-refractivity contribution in [2.75, 3.05) is 0 Å². The summed E-state index contributed by atoms with van der Waals surface area (Å²) in [5, 5.41) is 26.4. The van der Waals surface area contributed by atoms with E-state index in [4.69, 9.17) is 16.6 Å². The summed E-state index contributed by atoms with van der Waals surface area (Å²) in [6.07, 6.45) is 0.414. The molecule has 0 aliphatic carbocycles. The van der Waals surface area contributed by atoms with E-state index >= 15 is 0 Å². The van der Waals surface area contributed by atoms with E-state index in [-0.39, 0.29) is 25.7 Å². The Kier molecular flexibility index (Phi) is 11.3. The summed E-state index contributed by atoms with van der Waals surface area (Å²) >= 11 is 0. The van der Waals surface area contributed by atoms with Gasteiger partial charge in [-0.1, -0.05) is 48.5 Å². The summed E-state index contributed by atoms with van der Waals surface area (Å²) in [6, 6.07) is 10.4. The minimum atomic E-state index is -1.76. The zero-order valence-corrected chi connectivity index (χ0v) is 23.1. The van der Waals surface area contributed by atoms with Crippen LogP contribution in [-0.4, -0.2) is 74.9 Å². The highest BCUT2D eigenvalue weighted by molar-refractivity contribution is 5.95. The van der Waals surface area contributed by atoms with Crippen LogP contribution in [0, 0.1) is 0 Å². The molecule has 1 aromatic heterocycles. The number of aromatic amines is 1. The first kappa shape index (κ1) is 32.3. The number of rotatable bonds is 16. The van der Waals surface area contributed by atoms with Crippen LogP contribution in [0.25, 0.3) is 10.9 Å². The number of primary amides is 1. The largest absolute Gasteiger partial charge is 0.481 e. The molecule has 14 heteroatoms. The van der Waals surface area contributed by atoms with Crippen molar-refractivity contribution in [2.45, 2.75) is 56.3 Å². The van der Waals surface area contributed by atoms with Gasteiger partial charge in [0, 0.05) is 29.9 Å². The molecule has 14 nitrogen and oxygen atoms in total. The molecule has 43 heavy (non-hydrogen) atoms. The Morgan fingerprint density at radius 1 is 0.767 bits per heavy atom. The molecule has 10 N–H and O–H groups in total. The third kappa shape index (κ3) is 9.67. The van der Waals surface area contributed by atoms with E-state index in [2.05, 4.69) is 20.9 Å². The first-order valence-electron chi connectivity index (χ1n) is 13.4. The summed E-state index contributed by atoms with van der Waals surface area (Å²) in [7, 11) is 0. The Morgan fingerprint density at radius 2 is 1.37 bits per heavy atom. The Labute approximate surface area is 246 Å². The third-order valence-corrected chi connectivity index (χ3v) is 6.67. The maximum Gasteiger partial charge on any atom is 0.326 e. The van der Waals surface area contributed by atoms with Gasteiger partial charge in [-0.05, 0) is 30.0 Å². The normalized spacial score (nSPS) is 13.7. The molecule has 0 saturated carbocycles. The van der Waals surface area contributed by atoms with Gasteiger partial charge in [0.25, 0.3) is 0 Å². The lowest BCUT2D eigenvalue weighted by molar-refractivity contribution is -0.147. The highest BCUT2D eigenvalue weighted by atomic mass is 16.4. The zero-order valence-electron chi connectivity index (χ0n) is 23.1. The number of carbonyl (C=O) groups is 6. The quantitative estimate of drug-likeness (QED) is 0.107. The van der Waals surface area contributed by atoms with Crippen LogP contribution in [0.15, 0.2) is 60.8 Å². The van der Waals surface area contributed by atoms with Gasteiger partial charge in [-0.25, -0.2) is 4.79 Å². The number of nitrogens with one attached hydrogen (secondary N) is 4. The molecule has 4 unspecified atom stereocenters. The average Bonchev–Trinajstić information content (AvgIpc) is 3.37. The van der Waals surface area contributed by atoms with E-state index < -0.39 is 66.2 Å². The number of hydrogen-bond acceptors (Lipinski definition) is 7. The molecule has 2 aromatic carbocycles. The number of para-hydroxylation sites is 1. The van der Waals surface area contributed by atoms with Gasteiger partial charge in [-0.2, -0.15) is 0 Å². The summed E-state index contributed by atoms with van der Waals surface area (Å²) in [5.74, 6) is -6.25. The van der Waals surface area contributed by atoms with Gasteiger partial charge >= 0.3 is 11.9 Å². The second-order valence-electron chi connectivity index (χ2n) is 9.98. The predicted molar refractivity (Wildman–Crippen MR) is 154 cm³/mol. The van der Waals surface area contributed by atoms with Crippen molar-refractivity contribution >= 4 is 46.5 Å². The average molecular weight is 595 g/mol. The smallest absolute Gasteiger partial charge is 0.326 e. The van der Waals surface area contributed by atoms with Crippen molar-refractivity contribution in [3.8, 4) is 0 Å². The number of carboxylic acid groups (broad SMARTS) is 2. The van der Waals surface area contributed by atoms with Gasteiger partial charge in [-0.15, -0.1) is 0 Å². The molecule has 4 atom stereocenters. The van der Waals surface area contributed by atoms with Crippen LogP contribution in [0.3, 0.4) is 0 Å². The third-order valence-electron chi connectivity index (χ3n) is 6.67. The van der Waals surface area contributed by atoms with Crippen molar-refractivity contribution in [3.05, 3.63) is 71.9 Å². The number of nitrogens with two attached hydrogens (primary N) is 2. The lowest BCUT2D eigenvalue weighted by Crippen LogP contribution is -2.58. The van der Waals surface area contributed by atoms with E-state index in [0.29, 0.717) is 5.56 Å². The summed E-state index contributed by atoms with van der Waals surface area (Å²) in [6.45, 7) is 0. The van der Waals surface area contributed by atoms with Gasteiger partial charge in [0.15, 0.2) is 0 Å². The first-order chi connectivity index (χ1) is 20.4. The fourth-order valence-corrected chi connectivity index (χ4v) is 4.44. The summed E-state index contributed by atoms with van der Waals surface area (Å²) < 4.78 is 0. The van der Waals surface area contributed by atoms with Crippen molar-refractivity contribution in [1.82, 2.24) is 20.9 Å². The maximum absolute atomic E-state index is 13.4. The number of H-pyrrole nitrogens is 1. The topological polar surface area (TPSA) is 247 Å². The second-order valence-corrected chi connectivity index (χ2v) is 9.98. The van der Waals surface area contributed by atoms with Gasteiger partial charge in [0.1, 0.15) is 18.1 Å². The molecule has 0 aliphatic heterocycles. The molecule has 3 aromatic rings. The number of aromatic nitrogens is 1. The Hall–Kier alpha value is -5.24. The number of benzene rings is 2. The second kappa shape index (κ2) is 15.1. The van der Waals surface area contributed by atoms with E-state index in [1.54, 1.807) is 36.5 Å². The molecule has 0 radical (unpaired) electrons. The van der Waals surface area contributed by atoms with Crippen LogP contribution in [0.4, 0.5) is 0 Å². The van der Waals surface area contributed by atoms with Crippen LogP contribution in [-0.2, 0) is 41.6 Å². The first-order valence-corrected chi connectivity index (χ1v) is 13.4. The highest BCUT2D eigenvalue weighted by Crippen LogP contribution is 2.19. The molecule has 3 rings (SSSR count). The van der Waals surface area contributed by atoms with E-state index in [0.717, 1.165) is 16.5 Å². The minimum Gasteiger partial charge on any atom is -0.481 e. The zero-order chi connectivity index (χ0) is 31.5. The van der Waals surface area contributed by atoms with Crippen LogP contribution >= 0.6 is 0 Å². The van der Waals surface area contributed by atoms with Crippen LogP contribution < -0.4 is 27.4 Å². The van der Waals surface area contributed by atoms with Gasteiger partial charge in [0.2, 0.25) is 23.6 Å². The number of carbonyl (C=O) groups excluding carboxylic acids is 4. The molecule has 4 amide bonds. The molecule has 0 aliphatic rings. The predicted octanol–water partition coefficient (Wildman–Crippen LogP) is -0.440. The molecule has 0 bridgehead atoms. The lowest BCUT2D eigenvalue weighted by atomic mass is 10.0. The standard InChI is InChI=1S/C29H34N6O8/c30-19(13-17-15-32-20-9-5-4-8-18(17)20)26(39)33-21(10-11-24(31)36)27(40)34-22(12-16-6-2-1-3-7-16)28(41)35-23(29(42)43)14-25(37)38/h1-9,15,19,21-23,32H,10-14,30H2,(H2,31,36)(H,33,39)(H,34,40)(H,35,41)(H,37,38)(H,42,43). The van der Waals surface area contributed by atoms with E-state index in [1.807, 2.05) is 24.3 Å². The summed E-state index contributed by atoms with van der Waals surface area (Å²) in [5.41, 5.74) is 13.7. The van der Waals surface area contributed by atoms with Gasteiger partial charge < -0.3 is 42.6 Å². The van der Waals surface area contributed by atoms with Gasteiger partial charge in [-0.3, -0.25) is 24.0 Å². The molecule has 0 saturated heterocycles. The molecule has 228 valence electrons. The monoisotopic (exact) mass is 594 g/mol. The van der Waals surface area contributed by atoms with Crippen molar-refractivity contribution in [1.29, 1.82) is 0 Å². The van der Waals surface area contributed by atoms with Crippen LogP contribution in [0.2, 0.25) is 0 Å². The number of amides is 4. The number of carboxylic acids is 2. The fraction of sp³-hybridized carbons (Fsp3) is 0.310. The van der Waals surface area contributed by atoms with Gasteiger partial charge in [0.05, 0.1) is 12.5 Å². The molecular formula is C29H34N6O8. The number of hydrogen-bond donors (Lipinski definition) is 8. The SMILES string of the molecule is NC(=O)CCC(NC(=O)C(N)Cc1c[nH]c2ccccc12)C(=O)NC(Cc1ccccc1)C(=O)NC(CC(=O)O)C(=O)O. The Morgan fingerprint density at radius 3 is 2.02 bits per heavy atom. The van der Waals surface area contributed by atoms with Crippen molar-refractivity contribution < 1.29 is 39.0 Å². The summed E-state index contributed by atoms with van der Waals surface area (Å²) in [4.78, 5) is 76.8. The number of fused-ring (bicyclic) bond motifs is 1. The lowest BCUT2D eigenvalue weighted by Gasteiger charge is -2.25. The van der Waals surface area contributed by atoms with E-state index in [1.165, 1.54) is 0 Å². The van der Waals surface area contributed by atoms with Crippen LogP contribution in [0.5, 0.6) is 0 Å². The highest BCUT2D eigenvalue weighted by Gasteiger charge is 2.31. The van der Waals surface area contributed by atoms with E-state index in [9.17, 15) is 33.9 Å². The molecular weight excluding hydrogens is 560 g/mol. The van der Waals surface area contributed by atoms with Crippen molar-refractivity contribution in [3.63, 3.8) is 0 Å². The number of aliphatic carboxylic acids is 2. The molecule has 0 fully saturated rings. The molecule has 1 heterocycles. The van der Waals surface area contributed by atoms with Crippen molar-refractivity contribution in [2.24, 2.45) is 11.5 Å². The fourth-order valence-electron chi connectivity index (χ4n) is 4.44. The molecule has 0 spiro atoms. The Bertz CT molecular complexity index is 1470. The maximum atomic E-state index is 13.4. The Balaban J connectivity index is 1.77.